The number of rotatable bonds is 6. The first-order valence-corrected chi connectivity index (χ1v) is 8.81. The summed E-state index contributed by atoms with van der Waals surface area (Å²) in [6.07, 6.45) is 5.53. The van der Waals surface area contributed by atoms with E-state index in [1.807, 2.05) is 0 Å². The number of imidazole rings is 1. The van der Waals surface area contributed by atoms with Gasteiger partial charge in [-0.2, -0.15) is 0 Å². The number of ether oxygens (including phenoxy) is 2. The summed E-state index contributed by atoms with van der Waals surface area (Å²) in [5.41, 5.74) is 5.96. The van der Waals surface area contributed by atoms with Crippen molar-refractivity contribution in [2.75, 3.05) is 14.2 Å². The van der Waals surface area contributed by atoms with Crippen molar-refractivity contribution in [2.45, 2.75) is 0 Å². The number of amides is 2. The van der Waals surface area contributed by atoms with Crippen LogP contribution in [0.1, 0.15) is 16.1 Å². The Bertz CT molecular complexity index is 1080. The number of carbonyl (C=O) groups is 2. The number of para-hydroxylation sites is 1. The van der Waals surface area contributed by atoms with Crippen LogP contribution in [-0.2, 0) is 4.79 Å². The van der Waals surface area contributed by atoms with Gasteiger partial charge in [0.15, 0.2) is 11.5 Å². The Labute approximate surface area is 171 Å². The molecular weight excluding hydrogens is 391 g/mol. The topological polar surface area (TPSA) is 94.5 Å². The summed E-state index contributed by atoms with van der Waals surface area (Å²) in [5, 5.41) is 0. The van der Waals surface area contributed by atoms with E-state index in [0.717, 1.165) is 0 Å². The summed E-state index contributed by atoms with van der Waals surface area (Å²) >= 11 is 0. The van der Waals surface area contributed by atoms with Crippen LogP contribution in [0.3, 0.4) is 0 Å². The molecule has 0 aliphatic carbocycles. The Hall–Kier alpha value is -4.14. The zero-order valence-corrected chi connectivity index (χ0v) is 16.3. The molecule has 0 spiro atoms. The van der Waals surface area contributed by atoms with Crippen molar-refractivity contribution in [1.29, 1.82) is 0 Å². The van der Waals surface area contributed by atoms with Gasteiger partial charge in [-0.05, 0) is 36.4 Å². The minimum Gasteiger partial charge on any atom is -0.493 e. The van der Waals surface area contributed by atoms with Crippen LogP contribution < -0.4 is 20.3 Å². The van der Waals surface area contributed by atoms with E-state index >= 15 is 0 Å². The molecule has 0 aliphatic heterocycles. The quantitative estimate of drug-likeness (QED) is 0.481. The van der Waals surface area contributed by atoms with Gasteiger partial charge in [-0.15, -0.1) is 0 Å². The van der Waals surface area contributed by atoms with Gasteiger partial charge in [0.1, 0.15) is 11.5 Å². The number of benzene rings is 2. The molecule has 2 N–H and O–H groups in total. The lowest BCUT2D eigenvalue weighted by atomic mass is 10.1. The Morgan fingerprint density at radius 2 is 1.83 bits per heavy atom. The summed E-state index contributed by atoms with van der Waals surface area (Å²) in [6, 6.07) is 10.8. The Morgan fingerprint density at radius 1 is 1.07 bits per heavy atom. The number of carbonyl (C=O) groups excluding carboxylic acids is 2. The van der Waals surface area contributed by atoms with E-state index in [-0.39, 0.29) is 5.69 Å². The average Bonchev–Trinajstić information content (AvgIpc) is 3.26. The highest BCUT2D eigenvalue weighted by atomic mass is 19.1. The summed E-state index contributed by atoms with van der Waals surface area (Å²) in [5.74, 6) is -0.520. The van der Waals surface area contributed by atoms with Gasteiger partial charge < -0.3 is 9.47 Å². The normalized spacial score (nSPS) is 10.6. The van der Waals surface area contributed by atoms with Gasteiger partial charge in [0.25, 0.3) is 11.8 Å². The molecule has 9 heteroatoms. The molecule has 0 aliphatic rings. The molecule has 30 heavy (non-hydrogen) atoms. The number of hydrazine groups is 1. The molecule has 154 valence electrons. The van der Waals surface area contributed by atoms with Crippen LogP contribution in [0.4, 0.5) is 4.39 Å². The third kappa shape index (κ3) is 4.64. The predicted octanol–water partition coefficient (Wildman–Crippen LogP) is 2.50. The molecule has 2 aromatic carbocycles. The molecule has 1 aromatic heterocycles. The van der Waals surface area contributed by atoms with Crippen LogP contribution in [0.5, 0.6) is 11.5 Å². The maximum absolute atomic E-state index is 13.1. The average molecular weight is 410 g/mol. The molecule has 0 radical (unpaired) electrons. The van der Waals surface area contributed by atoms with Gasteiger partial charge in [-0.3, -0.25) is 25.0 Å². The lowest BCUT2D eigenvalue weighted by Gasteiger charge is -2.10. The number of halogens is 1. The molecule has 0 unspecified atom stereocenters. The smallest absolute Gasteiger partial charge is 0.288 e. The van der Waals surface area contributed by atoms with Gasteiger partial charge >= 0.3 is 0 Å². The summed E-state index contributed by atoms with van der Waals surface area (Å²) in [6.45, 7) is 0. The van der Waals surface area contributed by atoms with E-state index in [1.54, 1.807) is 18.2 Å². The zero-order chi connectivity index (χ0) is 21.5. The van der Waals surface area contributed by atoms with Crippen molar-refractivity contribution < 1.29 is 23.5 Å². The molecule has 0 atom stereocenters. The standard InChI is InChI=1S/C21H19FN4O4/c1-29-18-5-3-4-14(20(18)30-2)6-11-19(27)24-25-21(28)17-12-23-13-26(17)16-9-7-15(22)8-10-16/h3-13H,1-2H3,(H,24,27)(H,25,28)/b11-6+. The van der Waals surface area contributed by atoms with Gasteiger partial charge in [-0.1, -0.05) is 12.1 Å². The molecule has 2 amide bonds. The highest BCUT2D eigenvalue weighted by Gasteiger charge is 2.14. The highest BCUT2D eigenvalue weighted by molar-refractivity contribution is 5.97. The molecule has 0 bridgehead atoms. The predicted molar refractivity (Wildman–Crippen MR) is 108 cm³/mol. The molecule has 0 saturated heterocycles. The van der Waals surface area contributed by atoms with E-state index in [0.29, 0.717) is 22.7 Å². The lowest BCUT2D eigenvalue weighted by molar-refractivity contribution is -0.117. The van der Waals surface area contributed by atoms with E-state index in [4.69, 9.17) is 9.47 Å². The number of nitrogens with one attached hydrogen (secondary N) is 2. The van der Waals surface area contributed by atoms with Gasteiger partial charge in [0.2, 0.25) is 0 Å². The first kappa shape index (κ1) is 20.6. The van der Waals surface area contributed by atoms with E-state index in [9.17, 15) is 14.0 Å². The number of aromatic nitrogens is 2. The van der Waals surface area contributed by atoms with Crippen LogP contribution in [0.2, 0.25) is 0 Å². The SMILES string of the molecule is COc1cccc(/C=C/C(=O)NNC(=O)c2cncn2-c2ccc(F)cc2)c1OC. The first-order chi connectivity index (χ1) is 14.5. The summed E-state index contributed by atoms with van der Waals surface area (Å²) < 4.78 is 25.1. The van der Waals surface area contributed by atoms with Crippen molar-refractivity contribution in [3.63, 3.8) is 0 Å². The van der Waals surface area contributed by atoms with Crippen molar-refractivity contribution >= 4 is 17.9 Å². The second kappa shape index (κ2) is 9.37. The molecule has 8 nitrogen and oxygen atoms in total. The molecular formula is C21H19FN4O4. The van der Waals surface area contributed by atoms with E-state index in [1.165, 1.54) is 67.7 Å². The number of nitrogens with zero attached hydrogens (tertiary/aromatic N) is 2. The maximum Gasteiger partial charge on any atom is 0.288 e. The summed E-state index contributed by atoms with van der Waals surface area (Å²) in [7, 11) is 3.02. The van der Waals surface area contributed by atoms with Gasteiger partial charge in [0.05, 0.1) is 26.7 Å². The highest BCUT2D eigenvalue weighted by Crippen LogP contribution is 2.31. The Morgan fingerprint density at radius 3 is 2.53 bits per heavy atom. The third-order valence-corrected chi connectivity index (χ3v) is 4.12. The Kier molecular flexibility index (Phi) is 6.43. The minimum atomic E-state index is -0.586. The largest absolute Gasteiger partial charge is 0.493 e. The van der Waals surface area contributed by atoms with E-state index < -0.39 is 17.6 Å². The number of hydrogen-bond donors (Lipinski definition) is 2. The third-order valence-electron chi connectivity index (χ3n) is 4.12. The van der Waals surface area contributed by atoms with E-state index in [2.05, 4.69) is 15.8 Å². The van der Waals surface area contributed by atoms with Gasteiger partial charge in [-0.25, -0.2) is 9.37 Å². The molecule has 1 heterocycles. The Balaban J connectivity index is 1.65. The lowest BCUT2D eigenvalue weighted by Crippen LogP contribution is -2.41. The van der Waals surface area contributed by atoms with Crippen LogP contribution >= 0.6 is 0 Å². The van der Waals surface area contributed by atoms with Crippen LogP contribution in [0.25, 0.3) is 11.8 Å². The van der Waals surface area contributed by atoms with Crippen molar-refractivity contribution in [1.82, 2.24) is 20.4 Å². The first-order valence-electron chi connectivity index (χ1n) is 8.81. The fraction of sp³-hybridized carbons (Fsp3) is 0.0952. The molecule has 0 saturated carbocycles. The van der Waals surface area contributed by atoms with Gasteiger partial charge in [0, 0.05) is 17.3 Å². The van der Waals surface area contributed by atoms with Crippen LogP contribution in [-0.4, -0.2) is 35.6 Å². The molecule has 0 fully saturated rings. The summed E-state index contributed by atoms with van der Waals surface area (Å²) in [4.78, 5) is 28.4. The second-order valence-corrected chi connectivity index (χ2v) is 5.98. The number of hydrogen-bond acceptors (Lipinski definition) is 5. The monoisotopic (exact) mass is 410 g/mol. The van der Waals surface area contributed by atoms with Crippen LogP contribution in [0.15, 0.2) is 61.1 Å². The fourth-order valence-corrected chi connectivity index (χ4v) is 2.70. The maximum atomic E-state index is 13.1. The fourth-order valence-electron chi connectivity index (χ4n) is 2.70. The molecule has 3 rings (SSSR count). The minimum absolute atomic E-state index is 0.167. The molecule has 3 aromatic rings. The second-order valence-electron chi connectivity index (χ2n) is 5.98. The number of methoxy groups -OCH3 is 2. The zero-order valence-electron chi connectivity index (χ0n) is 16.3. The van der Waals surface area contributed by atoms with Crippen molar-refractivity contribution in [3.05, 3.63) is 78.1 Å². The van der Waals surface area contributed by atoms with Crippen molar-refractivity contribution in [3.8, 4) is 17.2 Å². The van der Waals surface area contributed by atoms with Crippen LogP contribution in [0, 0.1) is 5.82 Å². The van der Waals surface area contributed by atoms with Crippen molar-refractivity contribution in [2.24, 2.45) is 0 Å².